The molecule has 0 fully saturated rings. The molecule has 0 saturated heterocycles. The summed E-state index contributed by atoms with van der Waals surface area (Å²) >= 11 is 0. The third-order valence-electron chi connectivity index (χ3n) is 2.43. The molecule has 0 radical (unpaired) electrons. The molecule has 1 aromatic rings. The first-order chi connectivity index (χ1) is 7.27. The van der Waals surface area contributed by atoms with Crippen molar-refractivity contribution in [2.45, 2.75) is 19.8 Å². The van der Waals surface area contributed by atoms with Crippen molar-refractivity contribution in [1.29, 1.82) is 0 Å². The van der Waals surface area contributed by atoms with E-state index in [1.807, 2.05) is 6.92 Å². The van der Waals surface area contributed by atoms with Gasteiger partial charge in [0.1, 0.15) is 0 Å². The van der Waals surface area contributed by atoms with Gasteiger partial charge in [0.05, 0.1) is 11.8 Å². The van der Waals surface area contributed by atoms with Crippen LogP contribution in [0.1, 0.15) is 30.1 Å². The van der Waals surface area contributed by atoms with E-state index in [1.165, 1.54) is 6.20 Å². The Balaban J connectivity index is 2.33. The predicted octanol–water partition coefficient (Wildman–Crippen LogP) is 0.548. The van der Waals surface area contributed by atoms with Crippen molar-refractivity contribution in [2.24, 2.45) is 5.92 Å². The van der Waals surface area contributed by atoms with Crippen molar-refractivity contribution in [3.8, 4) is 0 Å². The lowest BCUT2D eigenvalue weighted by molar-refractivity contribution is 0.0943. The summed E-state index contributed by atoms with van der Waals surface area (Å²) in [6, 6.07) is 0. The van der Waals surface area contributed by atoms with E-state index < -0.39 is 0 Å². The fourth-order valence-corrected chi connectivity index (χ4v) is 1.35. The molecule has 0 aromatic carbocycles. The lowest BCUT2D eigenvalue weighted by atomic mass is 10.0. The zero-order valence-electron chi connectivity index (χ0n) is 8.86. The zero-order valence-corrected chi connectivity index (χ0v) is 8.86. The number of aromatic nitrogens is 2. The first kappa shape index (κ1) is 11.7. The molecule has 0 spiro atoms. The van der Waals surface area contributed by atoms with Crippen molar-refractivity contribution < 1.29 is 9.90 Å². The number of aliphatic hydroxyl groups excluding tert-OH is 1. The standard InChI is InChI=1S/C10H17N3O2/c1-2-8(3-4-14)5-11-10(15)9-6-12-13-7-9/h6-8,14H,2-5H2,1H3,(H,11,15)(H,12,13). The van der Waals surface area contributed by atoms with Crippen LogP contribution in [0.15, 0.2) is 12.4 Å². The van der Waals surface area contributed by atoms with Crippen molar-refractivity contribution >= 4 is 5.91 Å². The first-order valence-electron chi connectivity index (χ1n) is 5.15. The van der Waals surface area contributed by atoms with Crippen LogP contribution in [0, 0.1) is 5.92 Å². The van der Waals surface area contributed by atoms with Crippen LogP contribution in [0.4, 0.5) is 0 Å². The van der Waals surface area contributed by atoms with Gasteiger partial charge in [-0.05, 0) is 12.3 Å². The number of amides is 1. The predicted molar refractivity (Wildman–Crippen MR) is 56.4 cm³/mol. The van der Waals surface area contributed by atoms with E-state index in [1.54, 1.807) is 6.20 Å². The molecule has 1 unspecified atom stereocenters. The highest BCUT2D eigenvalue weighted by atomic mass is 16.3. The maximum atomic E-state index is 11.5. The Bertz CT molecular complexity index is 285. The van der Waals surface area contributed by atoms with Gasteiger partial charge in [-0.15, -0.1) is 0 Å². The van der Waals surface area contributed by atoms with Crippen LogP contribution in [-0.4, -0.2) is 34.4 Å². The number of H-pyrrole nitrogens is 1. The number of hydrogen-bond acceptors (Lipinski definition) is 3. The Hall–Kier alpha value is -1.36. The number of hydrogen-bond donors (Lipinski definition) is 3. The smallest absolute Gasteiger partial charge is 0.254 e. The minimum Gasteiger partial charge on any atom is -0.396 e. The lowest BCUT2D eigenvalue weighted by Gasteiger charge is -2.13. The summed E-state index contributed by atoms with van der Waals surface area (Å²) in [4.78, 5) is 11.5. The number of nitrogens with one attached hydrogen (secondary N) is 2. The van der Waals surface area contributed by atoms with Crippen LogP contribution in [0.25, 0.3) is 0 Å². The Morgan fingerprint density at radius 2 is 2.53 bits per heavy atom. The van der Waals surface area contributed by atoms with Crippen molar-refractivity contribution in [1.82, 2.24) is 15.5 Å². The normalized spacial score (nSPS) is 12.4. The maximum absolute atomic E-state index is 11.5. The second-order valence-corrected chi connectivity index (χ2v) is 3.48. The molecule has 1 rings (SSSR count). The summed E-state index contributed by atoms with van der Waals surface area (Å²) in [7, 11) is 0. The van der Waals surface area contributed by atoms with E-state index in [0.717, 1.165) is 12.8 Å². The van der Waals surface area contributed by atoms with Gasteiger partial charge >= 0.3 is 0 Å². The average Bonchev–Trinajstić information content (AvgIpc) is 2.77. The molecule has 0 aliphatic carbocycles. The third kappa shape index (κ3) is 3.71. The fourth-order valence-electron chi connectivity index (χ4n) is 1.35. The fraction of sp³-hybridized carbons (Fsp3) is 0.600. The van der Waals surface area contributed by atoms with Gasteiger partial charge in [0.2, 0.25) is 0 Å². The van der Waals surface area contributed by atoms with Gasteiger partial charge in [-0.2, -0.15) is 5.10 Å². The van der Waals surface area contributed by atoms with Crippen LogP contribution in [-0.2, 0) is 0 Å². The van der Waals surface area contributed by atoms with Crippen molar-refractivity contribution in [2.75, 3.05) is 13.2 Å². The Kier molecular flexibility index (Phi) is 4.83. The second-order valence-electron chi connectivity index (χ2n) is 3.48. The summed E-state index contributed by atoms with van der Waals surface area (Å²) in [6.07, 6.45) is 4.72. The third-order valence-corrected chi connectivity index (χ3v) is 2.43. The number of aromatic amines is 1. The Morgan fingerprint density at radius 1 is 1.73 bits per heavy atom. The number of nitrogens with zero attached hydrogens (tertiary/aromatic N) is 1. The quantitative estimate of drug-likeness (QED) is 0.643. The number of rotatable bonds is 6. The van der Waals surface area contributed by atoms with E-state index in [2.05, 4.69) is 15.5 Å². The molecule has 0 aliphatic heterocycles. The van der Waals surface area contributed by atoms with E-state index >= 15 is 0 Å². The van der Waals surface area contributed by atoms with Crippen molar-refractivity contribution in [3.05, 3.63) is 18.0 Å². The molecule has 1 heterocycles. The first-order valence-corrected chi connectivity index (χ1v) is 5.15. The molecule has 5 nitrogen and oxygen atoms in total. The summed E-state index contributed by atoms with van der Waals surface area (Å²) in [5.41, 5.74) is 0.536. The van der Waals surface area contributed by atoms with Crippen LogP contribution in [0.3, 0.4) is 0 Å². The van der Waals surface area contributed by atoms with Gasteiger partial charge in [-0.3, -0.25) is 9.89 Å². The van der Waals surface area contributed by atoms with E-state index in [-0.39, 0.29) is 12.5 Å². The molecule has 0 saturated carbocycles. The highest BCUT2D eigenvalue weighted by Crippen LogP contribution is 2.06. The molecule has 0 bridgehead atoms. The zero-order chi connectivity index (χ0) is 11.1. The summed E-state index contributed by atoms with van der Waals surface area (Å²) in [5, 5.41) is 17.9. The largest absolute Gasteiger partial charge is 0.396 e. The maximum Gasteiger partial charge on any atom is 0.254 e. The molecular weight excluding hydrogens is 194 g/mol. The summed E-state index contributed by atoms with van der Waals surface area (Å²) in [5.74, 6) is 0.214. The van der Waals surface area contributed by atoms with Gasteiger partial charge in [0.25, 0.3) is 5.91 Å². The van der Waals surface area contributed by atoms with E-state index in [0.29, 0.717) is 18.0 Å². The van der Waals surface area contributed by atoms with Crippen LogP contribution < -0.4 is 5.32 Å². The number of carbonyl (C=O) groups excluding carboxylic acids is 1. The molecule has 3 N–H and O–H groups in total. The summed E-state index contributed by atoms with van der Waals surface area (Å²) < 4.78 is 0. The monoisotopic (exact) mass is 211 g/mol. The minimum absolute atomic E-state index is 0.125. The highest BCUT2D eigenvalue weighted by molar-refractivity contribution is 5.93. The Morgan fingerprint density at radius 3 is 3.07 bits per heavy atom. The average molecular weight is 211 g/mol. The van der Waals surface area contributed by atoms with E-state index in [4.69, 9.17) is 5.11 Å². The SMILES string of the molecule is CCC(CCO)CNC(=O)c1cn[nH]c1. The minimum atomic E-state index is -0.125. The van der Waals surface area contributed by atoms with Gasteiger partial charge < -0.3 is 10.4 Å². The molecule has 1 atom stereocenters. The van der Waals surface area contributed by atoms with E-state index in [9.17, 15) is 4.79 Å². The van der Waals surface area contributed by atoms with Gasteiger partial charge in [-0.1, -0.05) is 13.3 Å². The lowest BCUT2D eigenvalue weighted by Crippen LogP contribution is -2.29. The second kappa shape index (κ2) is 6.19. The van der Waals surface area contributed by atoms with Crippen molar-refractivity contribution in [3.63, 3.8) is 0 Å². The van der Waals surface area contributed by atoms with Gasteiger partial charge in [-0.25, -0.2) is 0 Å². The molecule has 0 aliphatic rings. The van der Waals surface area contributed by atoms with Gasteiger partial charge in [0.15, 0.2) is 0 Å². The molecule has 5 heteroatoms. The number of carbonyl (C=O) groups is 1. The molecule has 15 heavy (non-hydrogen) atoms. The highest BCUT2D eigenvalue weighted by Gasteiger charge is 2.09. The molecule has 84 valence electrons. The summed E-state index contributed by atoms with van der Waals surface area (Å²) in [6.45, 7) is 2.81. The molecule has 1 aromatic heterocycles. The van der Waals surface area contributed by atoms with Gasteiger partial charge in [0, 0.05) is 19.3 Å². The molecular formula is C10H17N3O2. The Labute approximate surface area is 88.9 Å². The number of aliphatic hydroxyl groups is 1. The van der Waals surface area contributed by atoms with Crippen LogP contribution in [0.2, 0.25) is 0 Å². The van der Waals surface area contributed by atoms with Crippen LogP contribution >= 0.6 is 0 Å². The van der Waals surface area contributed by atoms with Crippen LogP contribution in [0.5, 0.6) is 0 Å². The topological polar surface area (TPSA) is 78.0 Å². The molecule has 1 amide bonds.